The van der Waals surface area contributed by atoms with Crippen LogP contribution in [0.15, 0.2) is 22.7 Å². The fourth-order valence-electron chi connectivity index (χ4n) is 3.66. The van der Waals surface area contributed by atoms with Gasteiger partial charge in [0.25, 0.3) is 5.91 Å². The third-order valence-corrected chi connectivity index (χ3v) is 5.48. The van der Waals surface area contributed by atoms with Crippen molar-refractivity contribution in [2.75, 3.05) is 13.1 Å². The van der Waals surface area contributed by atoms with Crippen molar-refractivity contribution in [3.8, 4) is 0 Å². The van der Waals surface area contributed by atoms with Crippen LogP contribution < -0.4 is 5.73 Å². The fraction of sp³-hybridized carbons (Fsp3) is 0.562. The van der Waals surface area contributed by atoms with Gasteiger partial charge in [-0.2, -0.15) is 0 Å². The fourth-order valence-corrected chi connectivity index (χ4v) is 4.07. The summed E-state index contributed by atoms with van der Waals surface area (Å²) in [4.78, 5) is 14.7. The molecule has 1 amide bonds. The van der Waals surface area contributed by atoms with Crippen LogP contribution in [0.2, 0.25) is 0 Å². The van der Waals surface area contributed by atoms with E-state index in [2.05, 4.69) is 15.9 Å². The van der Waals surface area contributed by atoms with Crippen LogP contribution in [-0.4, -0.2) is 29.9 Å². The molecule has 0 spiro atoms. The molecule has 4 heteroatoms. The van der Waals surface area contributed by atoms with Crippen molar-refractivity contribution in [3.05, 3.63) is 33.8 Å². The van der Waals surface area contributed by atoms with Crippen LogP contribution in [0.4, 0.5) is 0 Å². The third-order valence-electron chi connectivity index (χ3n) is 4.79. The molecule has 3 nitrogen and oxygen atoms in total. The van der Waals surface area contributed by atoms with Crippen LogP contribution in [0.3, 0.4) is 0 Å². The smallest absolute Gasteiger partial charge is 0.255 e. The molecule has 1 aromatic rings. The first kappa shape index (κ1) is 14.1. The van der Waals surface area contributed by atoms with Gasteiger partial charge in [0.2, 0.25) is 0 Å². The molecule has 2 fully saturated rings. The molecule has 0 bridgehead atoms. The number of nitrogens with two attached hydrogens (primary N) is 1. The monoisotopic (exact) mass is 336 g/mol. The number of likely N-dealkylation sites (tertiary alicyclic amines) is 1. The van der Waals surface area contributed by atoms with Crippen molar-refractivity contribution in [2.24, 2.45) is 17.6 Å². The summed E-state index contributed by atoms with van der Waals surface area (Å²) in [6, 6.07) is 6.21. The molecular formula is C16H21BrN2O. The van der Waals surface area contributed by atoms with Gasteiger partial charge in [-0.1, -0.05) is 18.1 Å². The van der Waals surface area contributed by atoms with Gasteiger partial charge in [-0.05, 0) is 59.7 Å². The predicted octanol–water partition coefficient (Wildman–Crippen LogP) is 2.96. The molecule has 2 aliphatic rings. The average molecular weight is 337 g/mol. The van der Waals surface area contributed by atoms with E-state index in [1.54, 1.807) is 0 Å². The summed E-state index contributed by atoms with van der Waals surface area (Å²) >= 11 is 3.49. The molecule has 1 saturated heterocycles. The van der Waals surface area contributed by atoms with E-state index in [-0.39, 0.29) is 11.9 Å². The number of nitrogens with zero attached hydrogens (tertiary/aromatic N) is 1. The van der Waals surface area contributed by atoms with E-state index in [9.17, 15) is 4.79 Å². The largest absolute Gasteiger partial charge is 0.338 e. The summed E-state index contributed by atoms with van der Waals surface area (Å²) < 4.78 is 0.882. The molecule has 0 aromatic heterocycles. The Morgan fingerprint density at radius 1 is 1.35 bits per heavy atom. The predicted molar refractivity (Wildman–Crippen MR) is 83.6 cm³/mol. The lowest BCUT2D eigenvalue weighted by Crippen LogP contribution is -2.38. The molecule has 1 aliphatic carbocycles. The number of hydrogen-bond donors (Lipinski definition) is 1. The number of amides is 1. The van der Waals surface area contributed by atoms with Gasteiger partial charge in [0.05, 0.1) is 5.56 Å². The lowest BCUT2D eigenvalue weighted by molar-refractivity contribution is 0.0782. The second-order valence-corrected chi connectivity index (χ2v) is 7.07. The zero-order valence-corrected chi connectivity index (χ0v) is 13.4. The van der Waals surface area contributed by atoms with Gasteiger partial charge >= 0.3 is 0 Å². The molecule has 20 heavy (non-hydrogen) atoms. The first-order chi connectivity index (χ1) is 9.56. The highest BCUT2D eigenvalue weighted by Crippen LogP contribution is 2.36. The van der Waals surface area contributed by atoms with E-state index >= 15 is 0 Å². The molecular weight excluding hydrogens is 316 g/mol. The Hall–Kier alpha value is -0.870. The minimum atomic E-state index is 0.141. The SMILES string of the molecule is Cc1ccc(Br)c(C(=O)N2CC3CCCC(N)C3C2)c1. The van der Waals surface area contributed by atoms with Crippen LogP contribution >= 0.6 is 15.9 Å². The van der Waals surface area contributed by atoms with Crippen LogP contribution in [0, 0.1) is 18.8 Å². The van der Waals surface area contributed by atoms with Crippen LogP contribution in [0.25, 0.3) is 0 Å². The van der Waals surface area contributed by atoms with Crippen molar-refractivity contribution in [3.63, 3.8) is 0 Å². The first-order valence-corrected chi connectivity index (χ1v) is 8.16. The molecule has 2 N–H and O–H groups in total. The number of carbonyl (C=O) groups is 1. The van der Waals surface area contributed by atoms with Gasteiger partial charge in [-0.15, -0.1) is 0 Å². The Morgan fingerprint density at radius 2 is 2.15 bits per heavy atom. The third kappa shape index (κ3) is 2.51. The molecule has 1 aromatic carbocycles. The van der Waals surface area contributed by atoms with E-state index in [0.29, 0.717) is 11.8 Å². The molecule has 1 aliphatic heterocycles. The summed E-state index contributed by atoms with van der Waals surface area (Å²) in [5, 5.41) is 0. The zero-order valence-electron chi connectivity index (χ0n) is 11.8. The van der Waals surface area contributed by atoms with Crippen molar-refractivity contribution in [1.82, 2.24) is 4.90 Å². The summed E-state index contributed by atoms with van der Waals surface area (Å²) in [6.45, 7) is 3.71. The van der Waals surface area contributed by atoms with E-state index < -0.39 is 0 Å². The zero-order chi connectivity index (χ0) is 14.3. The van der Waals surface area contributed by atoms with Gasteiger partial charge in [0, 0.05) is 23.6 Å². The highest BCUT2D eigenvalue weighted by atomic mass is 79.9. The van der Waals surface area contributed by atoms with Gasteiger partial charge in [0.1, 0.15) is 0 Å². The van der Waals surface area contributed by atoms with Crippen molar-refractivity contribution >= 4 is 21.8 Å². The standard InChI is InChI=1S/C16H21BrN2O/c1-10-5-6-14(17)12(7-10)16(20)19-8-11-3-2-4-15(18)13(11)9-19/h5-7,11,13,15H,2-4,8-9,18H2,1H3. The highest BCUT2D eigenvalue weighted by Gasteiger charge is 2.40. The average Bonchev–Trinajstić information content (AvgIpc) is 2.86. The highest BCUT2D eigenvalue weighted by molar-refractivity contribution is 9.10. The number of carbonyl (C=O) groups excluding carboxylic acids is 1. The van der Waals surface area contributed by atoms with Crippen molar-refractivity contribution < 1.29 is 4.79 Å². The number of hydrogen-bond acceptors (Lipinski definition) is 2. The van der Waals surface area contributed by atoms with Gasteiger partial charge in [0.15, 0.2) is 0 Å². The van der Waals surface area contributed by atoms with Crippen LogP contribution in [0.1, 0.15) is 35.2 Å². The Kier molecular flexibility index (Phi) is 3.87. The minimum absolute atomic E-state index is 0.141. The summed E-state index contributed by atoms with van der Waals surface area (Å²) in [5.41, 5.74) is 8.12. The maximum absolute atomic E-state index is 12.7. The molecule has 0 radical (unpaired) electrons. The van der Waals surface area contributed by atoms with E-state index in [1.165, 1.54) is 12.8 Å². The van der Waals surface area contributed by atoms with Gasteiger partial charge in [-0.3, -0.25) is 4.79 Å². The molecule has 3 atom stereocenters. The molecule has 3 unspecified atom stereocenters. The van der Waals surface area contributed by atoms with E-state index in [1.807, 2.05) is 30.0 Å². The van der Waals surface area contributed by atoms with Crippen molar-refractivity contribution in [2.45, 2.75) is 32.2 Å². The number of benzene rings is 1. The number of halogens is 1. The lowest BCUT2D eigenvalue weighted by atomic mass is 9.78. The number of fused-ring (bicyclic) bond motifs is 1. The van der Waals surface area contributed by atoms with Gasteiger partial charge in [-0.25, -0.2) is 0 Å². The van der Waals surface area contributed by atoms with Gasteiger partial charge < -0.3 is 10.6 Å². The maximum atomic E-state index is 12.7. The summed E-state index contributed by atoms with van der Waals surface area (Å²) in [6.07, 6.45) is 3.53. The van der Waals surface area contributed by atoms with Crippen LogP contribution in [-0.2, 0) is 0 Å². The maximum Gasteiger partial charge on any atom is 0.255 e. The Balaban J connectivity index is 1.80. The van der Waals surface area contributed by atoms with E-state index in [4.69, 9.17) is 5.73 Å². The Morgan fingerprint density at radius 3 is 2.90 bits per heavy atom. The molecule has 1 saturated carbocycles. The first-order valence-electron chi connectivity index (χ1n) is 7.37. The number of rotatable bonds is 1. The summed E-state index contributed by atoms with van der Waals surface area (Å²) in [7, 11) is 0. The number of aryl methyl sites for hydroxylation is 1. The second kappa shape index (κ2) is 5.49. The molecule has 3 rings (SSSR count). The topological polar surface area (TPSA) is 46.3 Å². The lowest BCUT2D eigenvalue weighted by Gasteiger charge is -2.29. The van der Waals surface area contributed by atoms with Crippen molar-refractivity contribution in [1.29, 1.82) is 0 Å². The Labute approximate surface area is 128 Å². The normalized spacial score (nSPS) is 29.4. The second-order valence-electron chi connectivity index (χ2n) is 6.21. The molecule has 1 heterocycles. The summed E-state index contributed by atoms with van der Waals surface area (Å²) in [5.74, 6) is 1.24. The van der Waals surface area contributed by atoms with Crippen LogP contribution in [0.5, 0.6) is 0 Å². The molecule has 108 valence electrons. The quantitative estimate of drug-likeness (QED) is 0.856. The van der Waals surface area contributed by atoms with E-state index in [0.717, 1.165) is 35.1 Å². The minimum Gasteiger partial charge on any atom is -0.338 e. The Bertz CT molecular complexity index is 531.